The highest BCUT2D eigenvalue weighted by Crippen LogP contribution is 2.15. The molecule has 0 spiro atoms. The number of aryl methyl sites for hydroxylation is 1. The van der Waals surface area contributed by atoms with Crippen molar-refractivity contribution in [1.29, 1.82) is 0 Å². The van der Waals surface area contributed by atoms with E-state index in [1.54, 1.807) is 7.11 Å². The first-order chi connectivity index (χ1) is 9.31. The van der Waals surface area contributed by atoms with Crippen molar-refractivity contribution in [3.05, 3.63) is 29.3 Å². The predicted molar refractivity (Wildman–Crippen MR) is 78.8 cm³/mol. The Bertz CT molecular complexity index is 533. The summed E-state index contributed by atoms with van der Waals surface area (Å²) in [7, 11) is 1.63. The number of benzene rings is 1. The number of ether oxygens (including phenoxy) is 2. The maximum Gasteiger partial charge on any atom is 0.408 e. The molecule has 4 heteroatoms. The van der Waals surface area contributed by atoms with Gasteiger partial charge in [-0.1, -0.05) is 11.8 Å². The van der Waals surface area contributed by atoms with Crippen LogP contribution < -0.4 is 10.1 Å². The van der Waals surface area contributed by atoms with Crippen molar-refractivity contribution in [3.8, 4) is 17.6 Å². The average molecular weight is 275 g/mol. The molecule has 20 heavy (non-hydrogen) atoms. The standard InChI is InChI=1S/C16H21NO3/c1-12-11-14(19-5)9-8-13(12)7-6-10-17-15(18)20-16(2,3)4/h8-9,11H,10H2,1-5H3,(H,17,18). The second-order valence-corrected chi connectivity index (χ2v) is 5.34. The molecule has 1 rings (SSSR count). The van der Waals surface area contributed by atoms with E-state index in [9.17, 15) is 4.79 Å². The lowest BCUT2D eigenvalue weighted by molar-refractivity contribution is 0.0535. The summed E-state index contributed by atoms with van der Waals surface area (Å²) in [6.45, 7) is 7.67. The lowest BCUT2D eigenvalue weighted by Gasteiger charge is -2.19. The van der Waals surface area contributed by atoms with Gasteiger partial charge in [-0.3, -0.25) is 0 Å². The van der Waals surface area contributed by atoms with Crippen LogP contribution in [0.2, 0.25) is 0 Å². The molecule has 0 unspecified atom stereocenters. The van der Waals surface area contributed by atoms with Crippen LogP contribution >= 0.6 is 0 Å². The molecule has 0 aromatic heterocycles. The van der Waals surface area contributed by atoms with Gasteiger partial charge in [0.15, 0.2) is 0 Å². The quantitative estimate of drug-likeness (QED) is 0.844. The molecular weight excluding hydrogens is 254 g/mol. The van der Waals surface area contributed by atoms with E-state index in [-0.39, 0.29) is 6.54 Å². The van der Waals surface area contributed by atoms with Crippen LogP contribution in [-0.4, -0.2) is 25.3 Å². The highest BCUT2D eigenvalue weighted by Gasteiger charge is 2.14. The second-order valence-electron chi connectivity index (χ2n) is 5.34. The van der Waals surface area contributed by atoms with Crippen molar-refractivity contribution < 1.29 is 14.3 Å². The van der Waals surface area contributed by atoms with Crippen LogP contribution in [0.1, 0.15) is 31.9 Å². The van der Waals surface area contributed by atoms with Crippen LogP contribution in [0.5, 0.6) is 5.75 Å². The lowest BCUT2D eigenvalue weighted by Crippen LogP contribution is -2.32. The zero-order chi connectivity index (χ0) is 15.2. The number of amides is 1. The summed E-state index contributed by atoms with van der Waals surface area (Å²) in [5.41, 5.74) is 1.45. The fraction of sp³-hybridized carbons (Fsp3) is 0.438. The van der Waals surface area contributed by atoms with Gasteiger partial charge in [0, 0.05) is 5.56 Å². The van der Waals surface area contributed by atoms with E-state index < -0.39 is 11.7 Å². The van der Waals surface area contributed by atoms with E-state index in [0.717, 1.165) is 16.9 Å². The minimum absolute atomic E-state index is 0.250. The molecule has 0 saturated carbocycles. The van der Waals surface area contributed by atoms with E-state index in [1.807, 2.05) is 45.9 Å². The van der Waals surface area contributed by atoms with Crippen molar-refractivity contribution in [3.63, 3.8) is 0 Å². The molecule has 0 aliphatic carbocycles. The van der Waals surface area contributed by atoms with Crippen LogP contribution in [0.4, 0.5) is 4.79 Å². The summed E-state index contributed by atoms with van der Waals surface area (Å²) >= 11 is 0. The van der Waals surface area contributed by atoms with Crippen molar-refractivity contribution >= 4 is 6.09 Å². The summed E-state index contributed by atoms with van der Waals surface area (Å²) < 4.78 is 10.2. The topological polar surface area (TPSA) is 47.6 Å². The van der Waals surface area contributed by atoms with Crippen molar-refractivity contribution in [2.75, 3.05) is 13.7 Å². The summed E-state index contributed by atoms with van der Waals surface area (Å²) in [6.07, 6.45) is -0.460. The van der Waals surface area contributed by atoms with E-state index in [0.29, 0.717) is 0 Å². The van der Waals surface area contributed by atoms with Gasteiger partial charge in [-0.25, -0.2) is 4.79 Å². The Kier molecular flexibility index (Phi) is 5.45. The van der Waals surface area contributed by atoms with E-state index >= 15 is 0 Å². The minimum atomic E-state index is -0.496. The Balaban J connectivity index is 2.53. The first-order valence-electron chi connectivity index (χ1n) is 6.42. The number of hydrogen-bond acceptors (Lipinski definition) is 3. The molecule has 1 aromatic rings. The van der Waals surface area contributed by atoms with Crippen LogP contribution in [0.25, 0.3) is 0 Å². The fourth-order valence-corrected chi connectivity index (χ4v) is 1.47. The van der Waals surface area contributed by atoms with Gasteiger partial charge in [-0.15, -0.1) is 0 Å². The van der Waals surface area contributed by atoms with Crippen LogP contribution in [0.15, 0.2) is 18.2 Å². The number of carbonyl (C=O) groups is 1. The second kappa shape index (κ2) is 6.85. The number of rotatable bonds is 2. The molecule has 1 N–H and O–H groups in total. The van der Waals surface area contributed by atoms with Gasteiger partial charge in [0.2, 0.25) is 0 Å². The van der Waals surface area contributed by atoms with Gasteiger partial charge in [0.1, 0.15) is 11.4 Å². The maximum absolute atomic E-state index is 11.4. The molecule has 0 radical (unpaired) electrons. The van der Waals surface area contributed by atoms with Crippen LogP contribution in [0, 0.1) is 18.8 Å². The molecule has 1 amide bonds. The van der Waals surface area contributed by atoms with Gasteiger partial charge < -0.3 is 14.8 Å². The summed E-state index contributed by atoms with van der Waals surface area (Å²) in [5.74, 6) is 6.71. The van der Waals surface area contributed by atoms with Gasteiger partial charge in [-0.05, 0) is 51.5 Å². The zero-order valence-corrected chi connectivity index (χ0v) is 12.7. The SMILES string of the molecule is COc1ccc(C#CCNC(=O)OC(C)(C)C)c(C)c1. The molecule has 0 atom stereocenters. The van der Waals surface area contributed by atoms with E-state index in [2.05, 4.69) is 17.2 Å². The zero-order valence-electron chi connectivity index (χ0n) is 12.7. The van der Waals surface area contributed by atoms with Crippen LogP contribution in [-0.2, 0) is 4.74 Å². The van der Waals surface area contributed by atoms with E-state index in [4.69, 9.17) is 9.47 Å². The van der Waals surface area contributed by atoms with Gasteiger partial charge in [0.05, 0.1) is 13.7 Å². The molecule has 4 nitrogen and oxygen atoms in total. The number of methoxy groups -OCH3 is 1. The smallest absolute Gasteiger partial charge is 0.408 e. The molecule has 0 bridgehead atoms. The third kappa shape index (κ3) is 5.66. The summed E-state index contributed by atoms with van der Waals surface area (Å²) in [5, 5.41) is 2.59. The number of hydrogen-bond donors (Lipinski definition) is 1. The first kappa shape index (κ1) is 15.9. The highest BCUT2D eigenvalue weighted by molar-refractivity contribution is 5.68. The third-order valence-electron chi connectivity index (χ3n) is 2.38. The van der Waals surface area contributed by atoms with Crippen LogP contribution in [0.3, 0.4) is 0 Å². The highest BCUT2D eigenvalue weighted by atomic mass is 16.6. The van der Waals surface area contributed by atoms with Gasteiger partial charge >= 0.3 is 6.09 Å². The number of alkyl carbamates (subject to hydrolysis) is 1. The monoisotopic (exact) mass is 275 g/mol. The van der Waals surface area contributed by atoms with Gasteiger partial charge in [-0.2, -0.15) is 0 Å². The summed E-state index contributed by atoms with van der Waals surface area (Å²) in [6, 6.07) is 5.68. The number of carbonyl (C=O) groups excluding carboxylic acids is 1. The molecule has 0 aliphatic rings. The molecule has 1 aromatic carbocycles. The third-order valence-corrected chi connectivity index (χ3v) is 2.38. The minimum Gasteiger partial charge on any atom is -0.497 e. The Morgan fingerprint density at radius 3 is 2.60 bits per heavy atom. The van der Waals surface area contributed by atoms with Crippen molar-refractivity contribution in [2.45, 2.75) is 33.3 Å². The van der Waals surface area contributed by atoms with Gasteiger partial charge in [0.25, 0.3) is 0 Å². The Labute approximate surface area is 120 Å². The van der Waals surface area contributed by atoms with Crippen molar-refractivity contribution in [2.24, 2.45) is 0 Å². The van der Waals surface area contributed by atoms with E-state index in [1.165, 1.54) is 0 Å². The Morgan fingerprint density at radius 2 is 2.05 bits per heavy atom. The summed E-state index contributed by atoms with van der Waals surface area (Å²) in [4.78, 5) is 11.4. The number of nitrogens with one attached hydrogen (secondary N) is 1. The predicted octanol–water partition coefficient (Wildman–Crippen LogP) is 2.88. The molecule has 0 fully saturated rings. The molecule has 108 valence electrons. The first-order valence-corrected chi connectivity index (χ1v) is 6.42. The largest absolute Gasteiger partial charge is 0.497 e. The lowest BCUT2D eigenvalue weighted by atomic mass is 10.1. The molecular formula is C16H21NO3. The molecule has 0 saturated heterocycles. The normalized spacial score (nSPS) is 10.2. The fourth-order valence-electron chi connectivity index (χ4n) is 1.47. The van der Waals surface area contributed by atoms with Crippen molar-refractivity contribution in [1.82, 2.24) is 5.32 Å². The molecule has 0 heterocycles. The Morgan fingerprint density at radius 1 is 1.35 bits per heavy atom. The Hall–Kier alpha value is -2.15. The maximum atomic E-state index is 11.4. The average Bonchev–Trinajstić information content (AvgIpc) is 2.33. The molecule has 0 aliphatic heterocycles.